The number of hydrogen-bond donors (Lipinski definition) is 1. The molecule has 0 fully saturated rings. The minimum atomic E-state index is -3.54. The topological polar surface area (TPSA) is 97.3 Å². The third-order valence-corrected chi connectivity index (χ3v) is 7.57. The van der Waals surface area contributed by atoms with Gasteiger partial charge in [-0.05, 0) is 69.0 Å². The minimum Gasteiger partial charge on any atom is -0.493 e. The van der Waals surface area contributed by atoms with Gasteiger partial charge in [0, 0.05) is 5.56 Å². The van der Waals surface area contributed by atoms with Crippen LogP contribution < -0.4 is 19.2 Å². The highest BCUT2D eigenvalue weighted by Crippen LogP contribution is 2.36. The van der Waals surface area contributed by atoms with E-state index in [1.807, 2.05) is 60.7 Å². The van der Waals surface area contributed by atoms with Gasteiger partial charge in [-0.25, -0.2) is 13.8 Å². The van der Waals surface area contributed by atoms with Crippen molar-refractivity contribution in [1.82, 2.24) is 5.43 Å². The molecule has 0 spiro atoms. The van der Waals surface area contributed by atoms with E-state index in [0.29, 0.717) is 39.4 Å². The van der Waals surface area contributed by atoms with E-state index < -0.39 is 15.9 Å². The third kappa shape index (κ3) is 7.71. The Hall–Kier alpha value is -4.15. The van der Waals surface area contributed by atoms with Gasteiger partial charge in [-0.1, -0.05) is 60.7 Å². The largest absolute Gasteiger partial charge is 0.493 e. The first kappa shape index (κ1) is 28.8. The number of amides is 1. The van der Waals surface area contributed by atoms with Crippen LogP contribution in [0.1, 0.15) is 27.0 Å². The predicted molar refractivity (Wildman–Crippen MR) is 160 cm³/mol. The number of hydrogen-bond acceptors (Lipinski definition) is 6. The lowest BCUT2D eigenvalue weighted by Gasteiger charge is -2.22. The van der Waals surface area contributed by atoms with Gasteiger partial charge in [-0.3, -0.25) is 9.10 Å². The molecule has 8 nitrogen and oxygen atoms in total. The van der Waals surface area contributed by atoms with Crippen molar-refractivity contribution < 1.29 is 22.7 Å². The Balaban J connectivity index is 1.41. The van der Waals surface area contributed by atoms with Crippen molar-refractivity contribution in [3.63, 3.8) is 0 Å². The van der Waals surface area contributed by atoms with E-state index in [2.05, 4.69) is 26.5 Å². The Morgan fingerprint density at radius 3 is 2.17 bits per heavy atom. The van der Waals surface area contributed by atoms with Gasteiger partial charge in [0.05, 0.1) is 36.3 Å². The molecule has 0 radical (unpaired) electrons. The monoisotopic (exact) mass is 621 g/mol. The Morgan fingerprint density at radius 2 is 1.57 bits per heavy atom. The summed E-state index contributed by atoms with van der Waals surface area (Å²) in [5.74, 6) is 0.633. The maximum Gasteiger partial charge on any atom is 0.271 e. The van der Waals surface area contributed by atoms with E-state index >= 15 is 0 Å². The van der Waals surface area contributed by atoms with Crippen molar-refractivity contribution in [3.05, 3.63) is 124 Å². The first-order valence-corrected chi connectivity index (χ1v) is 14.9. The molecule has 4 rings (SSSR count). The van der Waals surface area contributed by atoms with E-state index in [9.17, 15) is 13.2 Å². The lowest BCUT2D eigenvalue weighted by atomic mass is 10.2. The van der Waals surface area contributed by atoms with E-state index in [1.54, 1.807) is 43.5 Å². The van der Waals surface area contributed by atoms with Crippen LogP contribution >= 0.6 is 15.9 Å². The summed E-state index contributed by atoms with van der Waals surface area (Å²) in [4.78, 5) is 12.7. The van der Waals surface area contributed by atoms with Gasteiger partial charge in [0.25, 0.3) is 5.91 Å². The number of hydrazone groups is 1. The fourth-order valence-corrected chi connectivity index (χ4v) is 5.30. The number of nitrogens with zero attached hydrogens (tertiary/aromatic N) is 2. The summed E-state index contributed by atoms with van der Waals surface area (Å²) in [5, 5.41) is 4.06. The van der Waals surface area contributed by atoms with Crippen LogP contribution in [0.5, 0.6) is 11.5 Å². The smallest absolute Gasteiger partial charge is 0.271 e. The van der Waals surface area contributed by atoms with Crippen LogP contribution in [0.15, 0.2) is 107 Å². The van der Waals surface area contributed by atoms with Crippen LogP contribution in [0.25, 0.3) is 0 Å². The zero-order valence-electron chi connectivity index (χ0n) is 22.0. The van der Waals surface area contributed by atoms with Crippen LogP contribution in [0.3, 0.4) is 0 Å². The number of nitrogens with one attached hydrogen (secondary N) is 1. The number of benzene rings is 4. The number of anilines is 1. The second kappa shape index (κ2) is 13.3. The number of rotatable bonds is 11. The highest BCUT2D eigenvalue weighted by molar-refractivity contribution is 9.10. The molecule has 0 saturated carbocycles. The maximum absolute atomic E-state index is 12.7. The molecule has 10 heteroatoms. The fraction of sp³-hybridized carbons (Fsp3) is 0.133. The summed E-state index contributed by atoms with van der Waals surface area (Å²) in [5.41, 5.74) is 5.84. The van der Waals surface area contributed by atoms with Gasteiger partial charge in [-0.15, -0.1) is 0 Å². The molecule has 0 aliphatic heterocycles. The Bertz CT molecular complexity index is 1580. The molecule has 0 aliphatic rings. The molecule has 0 atom stereocenters. The number of sulfonamides is 1. The second-order valence-electron chi connectivity index (χ2n) is 8.81. The summed E-state index contributed by atoms with van der Waals surface area (Å²) in [6.07, 6.45) is 2.65. The molecule has 4 aromatic carbocycles. The summed E-state index contributed by atoms with van der Waals surface area (Å²) in [6.45, 7) is 0.566. The van der Waals surface area contributed by atoms with Crippen LogP contribution in [-0.2, 0) is 23.2 Å². The molecular weight excluding hydrogens is 594 g/mol. The standard InChI is InChI=1S/C30H28BrN3O5S/c1-38-28-18-24(17-27(31)29(28)39-21-23-11-7-4-8-12-23)19-32-33-30(35)25-13-15-26(16-14-25)34(40(2,36)37)20-22-9-5-3-6-10-22/h3-19H,20-21H2,1-2H3,(H,33,35)/b32-19-. The number of ether oxygens (including phenoxy) is 2. The van der Waals surface area contributed by atoms with Crippen molar-refractivity contribution in [2.45, 2.75) is 13.2 Å². The second-order valence-corrected chi connectivity index (χ2v) is 11.6. The van der Waals surface area contributed by atoms with E-state index in [4.69, 9.17) is 9.47 Å². The lowest BCUT2D eigenvalue weighted by molar-refractivity contribution is 0.0955. The number of methoxy groups -OCH3 is 1. The molecule has 0 saturated heterocycles. The van der Waals surface area contributed by atoms with Crippen molar-refractivity contribution in [3.8, 4) is 11.5 Å². The Morgan fingerprint density at radius 1 is 0.950 bits per heavy atom. The fourth-order valence-electron chi connectivity index (χ4n) is 3.84. The van der Waals surface area contributed by atoms with Gasteiger partial charge in [0.1, 0.15) is 6.61 Å². The van der Waals surface area contributed by atoms with Gasteiger partial charge < -0.3 is 9.47 Å². The molecule has 0 aliphatic carbocycles. The molecule has 4 aromatic rings. The quantitative estimate of drug-likeness (QED) is 0.169. The summed E-state index contributed by atoms with van der Waals surface area (Å²) >= 11 is 3.52. The SMILES string of the molecule is COc1cc(/C=N\NC(=O)c2ccc(N(Cc3ccccc3)S(C)(=O)=O)cc2)cc(Br)c1OCc1ccccc1. The van der Waals surface area contributed by atoms with Crippen LogP contribution in [-0.4, -0.2) is 33.9 Å². The highest BCUT2D eigenvalue weighted by atomic mass is 79.9. The zero-order chi connectivity index (χ0) is 28.5. The van der Waals surface area contributed by atoms with Crippen LogP contribution in [0.2, 0.25) is 0 Å². The first-order chi connectivity index (χ1) is 19.2. The summed E-state index contributed by atoms with van der Waals surface area (Å²) < 4.78 is 38.3. The summed E-state index contributed by atoms with van der Waals surface area (Å²) in [6, 6.07) is 29.0. The molecule has 0 heterocycles. The van der Waals surface area contributed by atoms with Crippen molar-refractivity contribution in [1.29, 1.82) is 0 Å². The van der Waals surface area contributed by atoms with E-state index in [-0.39, 0.29) is 6.54 Å². The van der Waals surface area contributed by atoms with Crippen LogP contribution in [0.4, 0.5) is 5.69 Å². The van der Waals surface area contributed by atoms with Crippen molar-refractivity contribution in [2.24, 2.45) is 5.10 Å². The molecule has 1 N–H and O–H groups in total. The van der Waals surface area contributed by atoms with Crippen molar-refractivity contribution in [2.75, 3.05) is 17.7 Å². The van der Waals surface area contributed by atoms with Gasteiger partial charge in [0.2, 0.25) is 10.0 Å². The molecule has 206 valence electrons. The van der Waals surface area contributed by atoms with Gasteiger partial charge in [0.15, 0.2) is 11.5 Å². The van der Waals surface area contributed by atoms with E-state index in [1.165, 1.54) is 10.5 Å². The van der Waals surface area contributed by atoms with Crippen molar-refractivity contribution >= 4 is 43.8 Å². The minimum absolute atomic E-state index is 0.185. The molecular formula is C30H28BrN3O5S. The average Bonchev–Trinajstić information content (AvgIpc) is 2.95. The molecule has 1 amide bonds. The first-order valence-electron chi connectivity index (χ1n) is 12.2. The number of halogens is 1. The van der Waals surface area contributed by atoms with E-state index in [0.717, 1.165) is 17.4 Å². The third-order valence-electron chi connectivity index (χ3n) is 5.84. The predicted octanol–water partition coefficient (Wildman–Crippen LogP) is 5.77. The summed E-state index contributed by atoms with van der Waals surface area (Å²) in [7, 11) is -1.99. The maximum atomic E-state index is 12.7. The Kier molecular flexibility index (Phi) is 9.57. The van der Waals surface area contributed by atoms with Gasteiger partial charge >= 0.3 is 0 Å². The molecule has 0 bridgehead atoms. The normalized spacial score (nSPS) is 11.3. The number of carbonyl (C=O) groups is 1. The highest BCUT2D eigenvalue weighted by Gasteiger charge is 2.18. The molecule has 0 aromatic heterocycles. The van der Waals surface area contributed by atoms with Crippen LogP contribution in [0, 0.1) is 0 Å². The Labute approximate surface area is 242 Å². The average molecular weight is 623 g/mol. The number of carbonyl (C=O) groups excluding carboxylic acids is 1. The lowest BCUT2D eigenvalue weighted by Crippen LogP contribution is -2.29. The molecule has 0 unspecified atom stereocenters. The zero-order valence-corrected chi connectivity index (χ0v) is 24.4. The van der Waals surface area contributed by atoms with Gasteiger partial charge in [-0.2, -0.15) is 5.10 Å². The molecule has 40 heavy (non-hydrogen) atoms.